The van der Waals surface area contributed by atoms with Gasteiger partial charge in [0.25, 0.3) is 0 Å². The number of hydrogen-bond acceptors (Lipinski definition) is 2. The van der Waals surface area contributed by atoms with Crippen molar-refractivity contribution in [1.29, 1.82) is 0 Å². The maximum atomic E-state index is 13.9. The number of piperidine rings is 1. The van der Waals surface area contributed by atoms with Gasteiger partial charge in [-0.2, -0.15) is 0 Å². The minimum Gasteiger partial charge on any atom is -0.317 e. The molecule has 2 aromatic rings. The van der Waals surface area contributed by atoms with E-state index in [0.717, 1.165) is 37.9 Å². The van der Waals surface area contributed by atoms with E-state index in [1.807, 2.05) is 13.0 Å². The van der Waals surface area contributed by atoms with Gasteiger partial charge in [-0.1, -0.05) is 25.1 Å². The van der Waals surface area contributed by atoms with Crippen LogP contribution in [-0.4, -0.2) is 25.0 Å². The highest BCUT2D eigenvalue weighted by Crippen LogP contribution is 2.30. The molecule has 3 nitrogen and oxygen atoms in total. The van der Waals surface area contributed by atoms with Crippen LogP contribution in [0, 0.1) is 17.6 Å². The molecule has 2 aromatic carbocycles. The lowest BCUT2D eigenvalue weighted by Gasteiger charge is -2.39. The van der Waals surface area contributed by atoms with E-state index in [2.05, 4.69) is 5.32 Å². The fourth-order valence-electron chi connectivity index (χ4n) is 4.13. The van der Waals surface area contributed by atoms with Crippen LogP contribution in [0.1, 0.15) is 38.2 Å². The van der Waals surface area contributed by atoms with E-state index >= 15 is 0 Å². The summed E-state index contributed by atoms with van der Waals surface area (Å²) in [7, 11) is 0. The van der Waals surface area contributed by atoms with Gasteiger partial charge in [-0.05, 0) is 80.6 Å². The molecule has 1 heterocycles. The van der Waals surface area contributed by atoms with Gasteiger partial charge >= 0.3 is 0 Å². The van der Waals surface area contributed by atoms with Gasteiger partial charge in [0.2, 0.25) is 5.91 Å². The Morgan fingerprint density at radius 1 is 1.11 bits per heavy atom. The summed E-state index contributed by atoms with van der Waals surface area (Å²) in [4.78, 5) is 14.7. The number of hydrogen-bond donors (Lipinski definition) is 1. The largest absolute Gasteiger partial charge is 0.317 e. The molecule has 1 unspecified atom stereocenters. The number of rotatable bonds is 7. The highest BCUT2D eigenvalue weighted by molar-refractivity contribution is 5.93. The van der Waals surface area contributed by atoms with Crippen molar-refractivity contribution in [3.63, 3.8) is 0 Å². The second-order valence-corrected chi connectivity index (χ2v) is 7.42. The fourth-order valence-corrected chi connectivity index (χ4v) is 4.13. The Morgan fingerprint density at radius 2 is 1.79 bits per heavy atom. The third-order valence-electron chi connectivity index (χ3n) is 5.53. The van der Waals surface area contributed by atoms with E-state index in [-0.39, 0.29) is 23.6 Å². The van der Waals surface area contributed by atoms with Gasteiger partial charge in [-0.3, -0.25) is 4.79 Å². The number of carbonyl (C=O) groups is 1. The lowest BCUT2D eigenvalue weighted by molar-refractivity contribution is -0.119. The van der Waals surface area contributed by atoms with Gasteiger partial charge in [0, 0.05) is 18.2 Å². The molecule has 1 fully saturated rings. The highest BCUT2D eigenvalue weighted by Gasteiger charge is 2.32. The highest BCUT2D eigenvalue weighted by atomic mass is 19.1. The molecule has 1 saturated heterocycles. The molecule has 5 heteroatoms. The Balaban J connectivity index is 1.90. The number of aryl methyl sites for hydroxylation is 1. The van der Waals surface area contributed by atoms with Crippen molar-refractivity contribution in [2.45, 2.75) is 45.1 Å². The van der Waals surface area contributed by atoms with E-state index in [1.165, 1.54) is 18.2 Å². The molecule has 0 aliphatic carbocycles. The summed E-state index contributed by atoms with van der Waals surface area (Å²) in [6, 6.07) is 12.8. The summed E-state index contributed by atoms with van der Waals surface area (Å²) in [6.45, 7) is 3.66. The Labute approximate surface area is 165 Å². The van der Waals surface area contributed by atoms with Gasteiger partial charge in [-0.15, -0.1) is 0 Å². The molecule has 150 valence electrons. The maximum absolute atomic E-state index is 13.9. The van der Waals surface area contributed by atoms with Gasteiger partial charge in [-0.25, -0.2) is 8.78 Å². The smallest absolute Gasteiger partial charge is 0.226 e. The number of nitrogens with one attached hydrogen (secondary N) is 1. The zero-order valence-electron chi connectivity index (χ0n) is 16.3. The molecule has 0 radical (unpaired) electrons. The molecule has 1 aliphatic rings. The van der Waals surface area contributed by atoms with Crippen molar-refractivity contribution >= 4 is 11.6 Å². The first kappa shape index (κ1) is 20.5. The van der Waals surface area contributed by atoms with E-state index in [9.17, 15) is 13.6 Å². The SMILES string of the molecule is CCC(=O)N(c1cccc(F)c1)C(CCc1cccc(F)c1)C1CCNCC1. The lowest BCUT2D eigenvalue weighted by Crippen LogP contribution is -2.48. The topological polar surface area (TPSA) is 32.3 Å². The van der Waals surface area contributed by atoms with E-state index in [0.29, 0.717) is 24.4 Å². The first-order valence-electron chi connectivity index (χ1n) is 10.1. The number of benzene rings is 2. The third kappa shape index (κ3) is 5.16. The van der Waals surface area contributed by atoms with Crippen molar-refractivity contribution in [1.82, 2.24) is 5.32 Å². The van der Waals surface area contributed by atoms with Crippen molar-refractivity contribution < 1.29 is 13.6 Å². The number of carbonyl (C=O) groups excluding carboxylic acids is 1. The van der Waals surface area contributed by atoms with Gasteiger partial charge in [0.15, 0.2) is 0 Å². The van der Waals surface area contributed by atoms with Crippen LogP contribution in [0.4, 0.5) is 14.5 Å². The zero-order chi connectivity index (χ0) is 19.9. The van der Waals surface area contributed by atoms with Gasteiger partial charge in [0.1, 0.15) is 11.6 Å². The second kappa shape index (κ2) is 9.78. The standard InChI is InChI=1S/C23H28F2N2O/c1-2-23(28)27(21-8-4-7-20(25)16-21)22(18-11-13-26-14-12-18)10-9-17-5-3-6-19(24)15-17/h3-8,15-16,18,22,26H,2,9-14H2,1H3. The molecule has 28 heavy (non-hydrogen) atoms. The van der Waals surface area contributed by atoms with Crippen LogP contribution in [-0.2, 0) is 11.2 Å². The lowest BCUT2D eigenvalue weighted by atomic mass is 9.85. The normalized spacial score (nSPS) is 16.0. The fraction of sp³-hybridized carbons (Fsp3) is 0.435. The molecule has 3 rings (SSSR count). The van der Waals surface area contributed by atoms with E-state index in [4.69, 9.17) is 0 Å². The van der Waals surface area contributed by atoms with Gasteiger partial charge < -0.3 is 10.2 Å². The molecular formula is C23H28F2N2O. The minimum atomic E-state index is -0.347. The maximum Gasteiger partial charge on any atom is 0.226 e. The number of halogens is 2. The molecule has 1 N–H and O–H groups in total. The van der Waals surface area contributed by atoms with Crippen molar-refractivity contribution in [2.75, 3.05) is 18.0 Å². The number of anilines is 1. The van der Waals surface area contributed by atoms with Crippen LogP contribution in [0.15, 0.2) is 48.5 Å². The van der Waals surface area contributed by atoms with Crippen LogP contribution in [0.5, 0.6) is 0 Å². The summed E-state index contributed by atoms with van der Waals surface area (Å²) >= 11 is 0. The zero-order valence-corrected chi connectivity index (χ0v) is 16.3. The van der Waals surface area contributed by atoms with E-state index in [1.54, 1.807) is 29.2 Å². The Morgan fingerprint density at radius 3 is 2.43 bits per heavy atom. The summed E-state index contributed by atoms with van der Waals surface area (Å²) in [5.41, 5.74) is 1.52. The Bertz CT molecular complexity index is 790. The average Bonchev–Trinajstić information content (AvgIpc) is 2.71. The van der Waals surface area contributed by atoms with Crippen molar-refractivity contribution in [3.8, 4) is 0 Å². The first-order chi connectivity index (χ1) is 13.6. The van der Waals surface area contributed by atoms with Crippen molar-refractivity contribution in [2.24, 2.45) is 5.92 Å². The monoisotopic (exact) mass is 386 g/mol. The minimum absolute atomic E-state index is 0.00613. The number of amides is 1. The van der Waals surface area contributed by atoms with Crippen LogP contribution in [0.25, 0.3) is 0 Å². The van der Waals surface area contributed by atoms with E-state index < -0.39 is 0 Å². The molecule has 0 spiro atoms. The molecule has 0 aromatic heterocycles. The molecule has 1 aliphatic heterocycles. The van der Waals surface area contributed by atoms with Crippen LogP contribution in [0.2, 0.25) is 0 Å². The molecule has 0 bridgehead atoms. The quantitative estimate of drug-likeness (QED) is 0.747. The Kier molecular flexibility index (Phi) is 7.15. The predicted octanol–water partition coefficient (Wildman–Crippen LogP) is 4.71. The molecule has 0 saturated carbocycles. The second-order valence-electron chi connectivity index (χ2n) is 7.42. The summed E-state index contributed by atoms with van der Waals surface area (Å²) in [5.74, 6) is -0.273. The van der Waals surface area contributed by atoms with Crippen molar-refractivity contribution in [3.05, 3.63) is 65.7 Å². The molecular weight excluding hydrogens is 358 g/mol. The summed E-state index contributed by atoms with van der Waals surface area (Å²) in [6.07, 6.45) is 3.69. The van der Waals surface area contributed by atoms with Crippen LogP contribution in [0.3, 0.4) is 0 Å². The Hall–Kier alpha value is -2.27. The van der Waals surface area contributed by atoms with Gasteiger partial charge in [0.05, 0.1) is 0 Å². The molecule has 1 atom stereocenters. The van der Waals surface area contributed by atoms with Crippen LogP contribution >= 0.6 is 0 Å². The van der Waals surface area contributed by atoms with Crippen LogP contribution < -0.4 is 10.2 Å². The third-order valence-corrected chi connectivity index (χ3v) is 5.53. The first-order valence-corrected chi connectivity index (χ1v) is 10.1. The average molecular weight is 386 g/mol. The molecule has 1 amide bonds. The summed E-state index contributed by atoms with van der Waals surface area (Å²) < 4.78 is 27.5. The summed E-state index contributed by atoms with van der Waals surface area (Å²) in [5, 5.41) is 3.37. The number of nitrogens with zero attached hydrogens (tertiary/aromatic N) is 1. The predicted molar refractivity (Wildman–Crippen MR) is 108 cm³/mol.